The summed E-state index contributed by atoms with van der Waals surface area (Å²) in [4.78, 5) is 0. The fourth-order valence-electron chi connectivity index (χ4n) is 2.53. The first kappa shape index (κ1) is 16.6. The maximum atomic E-state index is 9.95. The van der Waals surface area contributed by atoms with E-state index >= 15 is 0 Å². The van der Waals surface area contributed by atoms with Crippen LogP contribution in [0, 0.1) is 0 Å². The molecule has 1 fully saturated rings. The Balaban J connectivity index is 1.89. The fraction of sp³-hybridized carbons (Fsp3) is 0.625. The van der Waals surface area contributed by atoms with Gasteiger partial charge in [-0.3, -0.25) is 0 Å². The van der Waals surface area contributed by atoms with Crippen LogP contribution in [0.15, 0.2) is 18.2 Å². The molecule has 118 valence electrons. The normalized spacial score (nSPS) is 22.2. The van der Waals surface area contributed by atoms with Crippen LogP contribution in [-0.2, 0) is 11.3 Å². The zero-order chi connectivity index (χ0) is 15.1. The second-order valence-electron chi connectivity index (χ2n) is 5.44. The Bertz CT molecular complexity index is 442. The Morgan fingerprint density at radius 1 is 1.33 bits per heavy atom. The molecule has 0 spiro atoms. The number of methoxy groups -OCH3 is 1. The third-order valence-electron chi connectivity index (χ3n) is 3.75. The predicted octanol–water partition coefficient (Wildman–Crippen LogP) is 2.76. The van der Waals surface area contributed by atoms with Crippen LogP contribution in [0.25, 0.3) is 0 Å². The first-order chi connectivity index (χ1) is 10.2. The lowest BCUT2D eigenvalue weighted by Crippen LogP contribution is -2.34. The van der Waals surface area contributed by atoms with E-state index in [0.717, 1.165) is 44.3 Å². The molecule has 2 atom stereocenters. The molecule has 2 unspecified atom stereocenters. The number of rotatable bonds is 7. The van der Waals surface area contributed by atoms with E-state index in [1.54, 1.807) is 7.11 Å². The number of benzene rings is 1. The number of nitrogens with one attached hydrogen (secondary N) is 1. The fourth-order valence-corrected chi connectivity index (χ4v) is 2.78. The lowest BCUT2D eigenvalue weighted by molar-refractivity contribution is 0.00692. The highest BCUT2D eigenvalue weighted by molar-refractivity contribution is 6.32. The van der Waals surface area contributed by atoms with Crippen LogP contribution in [0.4, 0.5) is 0 Å². The smallest absolute Gasteiger partial charge is 0.138 e. The quantitative estimate of drug-likeness (QED) is 0.760. The molecule has 2 N–H and O–H groups in total. The monoisotopic (exact) mass is 313 g/mol. The zero-order valence-electron chi connectivity index (χ0n) is 12.5. The summed E-state index contributed by atoms with van der Waals surface area (Å²) in [7, 11) is 1.68. The maximum Gasteiger partial charge on any atom is 0.138 e. The third-order valence-corrected chi connectivity index (χ3v) is 4.05. The molecule has 4 nitrogen and oxygen atoms in total. The maximum absolute atomic E-state index is 9.95. The van der Waals surface area contributed by atoms with Crippen LogP contribution in [0.5, 0.6) is 5.75 Å². The Morgan fingerprint density at radius 2 is 2.14 bits per heavy atom. The van der Waals surface area contributed by atoms with Gasteiger partial charge in [-0.2, -0.15) is 0 Å². The van der Waals surface area contributed by atoms with Crippen LogP contribution in [0.3, 0.4) is 0 Å². The van der Waals surface area contributed by atoms with E-state index in [9.17, 15) is 5.11 Å². The molecule has 0 saturated heterocycles. The molecule has 0 radical (unpaired) electrons. The molecular formula is C16H24ClNO3. The van der Waals surface area contributed by atoms with Crippen LogP contribution in [0.2, 0.25) is 5.02 Å². The molecule has 1 aliphatic rings. The van der Waals surface area contributed by atoms with Crippen LogP contribution >= 0.6 is 11.6 Å². The molecule has 5 heteroatoms. The van der Waals surface area contributed by atoms with Crippen LogP contribution in [0.1, 0.15) is 31.2 Å². The molecule has 1 aromatic carbocycles. The number of aliphatic hydroxyl groups excluding tert-OH is 1. The molecule has 1 aromatic rings. The van der Waals surface area contributed by atoms with Crippen molar-refractivity contribution in [3.05, 3.63) is 28.8 Å². The van der Waals surface area contributed by atoms with Crippen molar-refractivity contribution in [3.8, 4) is 5.75 Å². The minimum Gasteiger partial charge on any atom is -0.486 e. The van der Waals surface area contributed by atoms with Gasteiger partial charge in [0.2, 0.25) is 0 Å². The Hall–Kier alpha value is -0.810. The van der Waals surface area contributed by atoms with Crippen molar-refractivity contribution in [1.82, 2.24) is 5.32 Å². The van der Waals surface area contributed by atoms with Crippen molar-refractivity contribution in [2.24, 2.45) is 0 Å². The van der Waals surface area contributed by atoms with E-state index in [1.807, 2.05) is 18.2 Å². The number of hydrogen-bond donors (Lipinski definition) is 2. The molecule has 0 bridgehead atoms. The largest absolute Gasteiger partial charge is 0.486 e. The summed E-state index contributed by atoms with van der Waals surface area (Å²) in [6.45, 7) is 2.24. The van der Waals surface area contributed by atoms with Crippen molar-refractivity contribution in [2.45, 2.75) is 44.4 Å². The predicted molar refractivity (Wildman–Crippen MR) is 83.9 cm³/mol. The molecule has 0 amide bonds. The van der Waals surface area contributed by atoms with Crippen molar-refractivity contribution in [1.29, 1.82) is 0 Å². The molecule has 2 rings (SSSR count). The molecule has 0 heterocycles. The number of aliphatic hydroxyl groups is 1. The van der Waals surface area contributed by atoms with E-state index < -0.39 is 0 Å². The topological polar surface area (TPSA) is 50.7 Å². The van der Waals surface area contributed by atoms with Crippen LogP contribution < -0.4 is 10.1 Å². The molecular weight excluding hydrogens is 290 g/mol. The average Bonchev–Trinajstić information content (AvgIpc) is 2.48. The summed E-state index contributed by atoms with van der Waals surface area (Å²) in [5.41, 5.74) is 1.10. The number of ether oxygens (including phenoxy) is 2. The SMILES string of the molecule is COCCNCc1ccc(OC2CCCCC2O)c(Cl)c1. The Kier molecular flexibility index (Phi) is 6.77. The molecule has 21 heavy (non-hydrogen) atoms. The number of halogens is 1. The molecule has 1 saturated carbocycles. The summed E-state index contributed by atoms with van der Waals surface area (Å²) in [5, 5.41) is 13.8. The minimum absolute atomic E-state index is 0.137. The number of hydrogen-bond acceptors (Lipinski definition) is 4. The van der Waals surface area contributed by atoms with Gasteiger partial charge in [0, 0.05) is 20.2 Å². The minimum atomic E-state index is -0.384. The summed E-state index contributed by atoms with van der Waals surface area (Å²) in [5.74, 6) is 0.656. The zero-order valence-corrected chi connectivity index (χ0v) is 13.2. The third kappa shape index (κ3) is 5.15. The lowest BCUT2D eigenvalue weighted by Gasteiger charge is -2.28. The lowest BCUT2D eigenvalue weighted by atomic mass is 9.95. The summed E-state index contributed by atoms with van der Waals surface area (Å²) >= 11 is 6.28. The van der Waals surface area contributed by atoms with Crippen molar-refractivity contribution in [2.75, 3.05) is 20.3 Å². The van der Waals surface area contributed by atoms with E-state index in [1.165, 1.54) is 0 Å². The van der Waals surface area contributed by atoms with Crippen molar-refractivity contribution in [3.63, 3.8) is 0 Å². The van der Waals surface area contributed by atoms with Gasteiger partial charge in [0.25, 0.3) is 0 Å². The first-order valence-electron chi connectivity index (χ1n) is 7.53. The van der Waals surface area contributed by atoms with E-state index in [-0.39, 0.29) is 12.2 Å². The molecule has 0 aromatic heterocycles. The van der Waals surface area contributed by atoms with Gasteiger partial charge in [-0.05, 0) is 37.0 Å². The second kappa shape index (κ2) is 8.59. The van der Waals surface area contributed by atoms with Crippen molar-refractivity contribution < 1.29 is 14.6 Å². The van der Waals surface area contributed by atoms with Gasteiger partial charge in [0.05, 0.1) is 17.7 Å². The average molecular weight is 314 g/mol. The highest BCUT2D eigenvalue weighted by Crippen LogP contribution is 2.30. The van der Waals surface area contributed by atoms with Gasteiger partial charge in [0.15, 0.2) is 0 Å². The van der Waals surface area contributed by atoms with Gasteiger partial charge in [-0.1, -0.05) is 24.1 Å². The Labute approximate surface area is 131 Å². The van der Waals surface area contributed by atoms with Gasteiger partial charge in [-0.15, -0.1) is 0 Å². The van der Waals surface area contributed by atoms with E-state index in [4.69, 9.17) is 21.1 Å². The highest BCUT2D eigenvalue weighted by atomic mass is 35.5. The van der Waals surface area contributed by atoms with Gasteiger partial charge in [0.1, 0.15) is 11.9 Å². The Morgan fingerprint density at radius 3 is 2.86 bits per heavy atom. The summed E-state index contributed by atoms with van der Waals surface area (Å²) < 4.78 is 10.9. The van der Waals surface area contributed by atoms with Crippen molar-refractivity contribution >= 4 is 11.6 Å². The van der Waals surface area contributed by atoms with E-state index in [2.05, 4.69) is 5.32 Å². The second-order valence-corrected chi connectivity index (χ2v) is 5.85. The van der Waals surface area contributed by atoms with Crippen LogP contribution in [-0.4, -0.2) is 37.6 Å². The standard InChI is InChI=1S/C16H24ClNO3/c1-20-9-8-18-11-12-6-7-15(13(17)10-12)21-16-5-3-2-4-14(16)19/h6-7,10,14,16,18-19H,2-5,8-9,11H2,1H3. The molecule has 0 aliphatic heterocycles. The summed E-state index contributed by atoms with van der Waals surface area (Å²) in [6.07, 6.45) is 3.34. The van der Waals surface area contributed by atoms with Gasteiger partial charge in [-0.25, -0.2) is 0 Å². The highest BCUT2D eigenvalue weighted by Gasteiger charge is 2.25. The molecule has 1 aliphatic carbocycles. The van der Waals surface area contributed by atoms with Gasteiger partial charge < -0.3 is 19.9 Å². The summed E-state index contributed by atoms with van der Waals surface area (Å²) in [6, 6.07) is 5.79. The van der Waals surface area contributed by atoms with E-state index in [0.29, 0.717) is 17.4 Å². The first-order valence-corrected chi connectivity index (χ1v) is 7.91. The van der Waals surface area contributed by atoms with Gasteiger partial charge >= 0.3 is 0 Å².